The Morgan fingerprint density at radius 1 is 1.62 bits per heavy atom. The molecule has 1 aromatic rings. The van der Waals surface area contributed by atoms with Crippen molar-refractivity contribution in [1.82, 2.24) is 9.36 Å². The summed E-state index contributed by atoms with van der Waals surface area (Å²) in [7, 11) is 0. The van der Waals surface area contributed by atoms with Crippen molar-refractivity contribution >= 4 is 28.4 Å². The lowest BCUT2D eigenvalue weighted by atomic mass is 10.3. The van der Waals surface area contributed by atoms with Crippen molar-refractivity contribution in [3.63, 3.8) is 0 Å². The van der Waals surface area contributed by atoms with E-state index in [9.17, 15) is 0 Å². The van der Waals surface area contributed by atoms with Crippen molar-refractivity contribution in [2.24, 2.45) is 0 Å². The van der Waals surface area contributed by atoms with Crippen LogP contribution in [0.15, 0.2) is 0 Å². The zero-order chi connectivity index (χ0) is 9.10. The first-order valence-corrected chi connectivity index (χ1v) is 6.48. The van der Waals surface area contributed by atoms with E-state index in [1.54, 1.807) is 0 Å². The minimum absolute atomic E-state index is 0.614. The van der Waals surface area contributed by atoms with Gasteiger partial charge < -0.3 is 5.32 Å². The molecule has 0 spiro atoms. The van der Waals surface area contributed by atoms with Gasteiger partial charge in [-0.25, -0.2) is 4.98 Å². The molecule has 72 valence electrons. The molecule has 2 rings (SSSR count). The fourth-order valence-electron chi connectivity index (χ4n) is 1.28. The van der Waals surface area contributed by atoms with Gasteiger partial charge in [0.05, 0.1) is 0 Å². The quantitative estimate of drug-likeness (QED) is 0.837. The first kappa shape index (κ1) is 9.27. The lowest BCUT2D eigenvalue weighted by molar-refractivity contribution is 0.809. The van der Waals surface area contributed by atoms with E-state index >= 15 is 0 Å². The van der Waals surface area contributed by atoms with Gasteiger partial charge >= 0.3 is 0 Å². The summed E-state index contributed by atoms with van der Waals surface area (Å²) in [6.45, 7) is 2.08. The third kappa shape index (κ3) is 2.34. The summed E-state index contributed by atoms with van der Waals surface area (Å²) in [4.78, 5) is 4.38. The van der Waals surface area contributed by atoms with Crippen molar-refractivity contribution in [1.29, 1.82) is 0 Å². The summed E-state index contributed by atoms with van der Waals surface area (Å²) in [5, 5.41) is 4.41. The van der Waals surface area contributed by atoms with Gasteiger partial charge in [-0.1, -0.05) is 6.92 Å². The molecule has 1 aromatic heterocycles. The van der Waals surface area contributed by atoms with Crippen molar-refractivity contribution in [3.8, 4) is 0 Å². The molecule has 2 heterocycles. The van der Waals surface area contributed by atoms with Gasteiger partial charge in [0, 0.05) is 29.7 Å². The van der Waals surface area contributed by atoms with Gasteiger partial charge in [0.25, 0.3) is 0 Å². The van der Waals surface area contributed by atoms with Gasteiger partial charge in [0.15, 0.2) is 0 Å². The topological polar surface area (TPSA) is 37.8 Å². The molecule has 5 heteroatoms. The summed E-state index contributed by atoms with van der Waals surface area (Å²) in [5.41, 5.74) is 0. The molecular formula is C8H13N3S2. The van der Waals surface area contributed by atoms with Crippen LogP contribution in [0, 0.1) is 0 Å². The normalized spacial score (nSPS) is 22.1. The molecule has 0 radical (unpaired) electrons. The zero-order valence-corrected chi connectivity index (χ0v) is 9.25. The number of rotatable bonds is 3. The predicted octanol–water partition coefficient (Wildman–Crippen LogP) is 2.02. The first-order valence-electron chi connectivity index (χ1n) is 4.55. The first-order chi connectivity index (χ1) is 6.38. The molecular weight excluding hydrogens is 202 g/mol. The minimum Gasteiger partial charge on any atom is -0.357 e. The zero-order valence-electron chi connectivity index (χ0n) is 7.62. The summed E-state index contributed by atoms with van der Waals surface area (Å²) < 4.78 is 4.24. The van der Waals surface area contributed by atoms with Crippen LogP contribution in [0.25, 0.3) is 0 Å². The van der Waals surface area contributed by atoms with E-state index in [0.29, 0.717) is 6.04 Å². The third-order valence-corrected chi connectivity index (χ3v) is 3.89. The number of aryl methyl sites for hydroxylation is 1. The second kappa shape index (κ2) is 4.28. The molecule has 1 saturated heterocycles. The SMILES string of the molecule is CCc1nsc(NC2CCSC2)n1. The van der Waals surface area contributed by atoms with Crippen molar-refractivity contribution in [2.45, 2.75) is 25.8 Å². The van der Waals surface area contributed by atoms with Crippen LogP contribution >= 0.6 is 23.3 Å². The van der Waals surface area contributed by atoms with Crippen LogP contribution < -0.4 is 5.32 Å². The van der Waals surface area contributed by atoms with Crippen LogP contribution in [-0.2, 0) is 6.42 Å². The number of nitrogens with one attached hydrogen (secondary N) is 1. The molecule has 1 fully saturated rings. The van der Waals surface area contributed by atoms with E-state index in [-0.39, 0.29) is 0 Å². The maximum absolute atomic E-state index is 4.38. The molecule has 1 N–H and O–H groups in total. The lowest BCUT2D eigenvalue weighted by Crippen LogP contribution is -2.17. The molecule has 13 heavy (non-hydrogen) atoms. The third-order valence-electron chi connectivity index (χ3n) is 2.04. The van der Waals surface area contributed by atoms with Crippen LogP contribution in [0.3, 0.4) is 0 Å². The van der Waals surface area contributed by atoms with Crippen molar-refractivity contribution in [3.05, 3.63) is 5.82 Å². The second-order valence-electron chi connectivity index (χ2n) is 3.07. The van der Waals surface area contributed by atoms with E-state index in [0.717, 1.165) is 17.4 Å². The Morgan fingerprint density at radius 3 is 3.15 bits per heavy atom. The Labute approximate surface area is 86.5 Å². The van der Waals surface area contributed by atoms with Crippen LogP contribution in [0.4, 0.5) is 5.13 Å². The molecule has 1 atom stereocenters. The van der Waals surface area contributed by atoms with Gasteiger partial charge in [-0.3, -0.25) is 0 Å². The molecule has 0 bridgehead atoms. The molecule has 0 saturated carbocycles. The highest BCUT2D eigenvalue weighted by Gasteiger charge is 2.16. The van der Waals surface area contributed by atoms with Gasteiger partial charge in [0.1, 0.15) is 5.82 Å². The van der Waals surface area contributed by atoms with Gasteiger partial charge in [-0.15, -0.1) is 0 Å². The molecule has 1 aliphatic rings. The van der Waals surface area contributed by atoms with Gasteiger partial charge in [-0.2, -0.15) is 16.1 Å². The number of hydrogen-bond acceptors (Lipinski definition) is 5. The van der Waals surface area contributed by atoms with E-state index in [1.165, 1.54) is 29.5 Å². The van der Waals surface area contributed by atoms with E-state index in [2.05, 4.69) is 21.6 Å². The van der Waals surface area contributed by atoms with E-state index < -0.39 is 0 Å². The van der Waals surface area contributed by atoms with Gasteiger partial charge in [-0.05, 0) is 12.2 Å². The summed E-state index contributed by atoms with van der Waals surface area (Å²) >= 11 is 3.49. The van der Waals surface area contributed by atoms with Crippen LogP contribution in [0.5, 0.6) is 0 Å². The lowest BCUT2D eigenvalue weighted by Gasteiger charge is -2.07. The van der Waals surface area contributed by atoms with E-state index in [4.69, 9.17) is 0 Å². The maximum atomic E-state index is 4.38. The number of anilines is 1. The highest BCUT2D eigenvalue weighted by molar-refractivity contribution is 7.99. The standard InChI is InChI=1S/C8H13N3S2/c1-2-7-10-8(13-11-7)9-6-3-4-12-5-6/h6H,2-5H2,1H3,(H,9,10,11). The van der Waals surface area contributed by atoms with Crippen molar-refractivity contribution in [2.75, 3.05) is 16.8 Å². The van der Waals surface area contributed by atoms with Crippen LogP contribution in [0.2, 0.25) is 0 Å². The minimum atomic E-state index is 0.614. The largest absolute Gasteiger partial charge is 0.357 e. The van der Waals surface area contributed by atoms with Crippen LogP contribution in [0.1, 0.15) is 19.2 Å². The fraction of sp³-hybridized carbons (Fsp3) is 0.750. The summed E-state index contributed by atoms with van der Waals surface area (Å²) in [6, 6.07) is 0.614. The van der Waals surface area contributed by atoms with Crippen molar-refractivity contribution < 1.29 is 0 Å². The monoisotopic (exact) mass is 215 g/mol. The number of thioether (sulfide) groups is 1. The molecule has 0 aromatic carbocycles. The molecule has 0 aliphatic carbocycles. The maximum Gasteiger partial charge on any atom is 0.202 e. The highest BCUT2D eigenvalue weighted by Crippen LogP contribution is 2.22. The highest BCUT2D eigenvalue weighted by atomic mass is 32.2. The smallest absolute Gasteiger partial charge is 0.202 e. The molecule has 0 amide bonds. The number of nitrogens with zero attached hydrogens (tertiary/aromatic N) is 2. The Bertz CT molecular complexity index is 268. The Hall–Kier alpha value is -0.290. The Balaban J connectivity index is 1.92. The van der Waals surface area contributed by atoms with E-state index in [1.807, 2.05) is 11.8 Å². The fourth-order valence-corrected chi connectivity index (χ4v) is 3.16. The average Bonchev–Trinajstić information content (AvgIpc) is 2.76. The summed E-state index contributed by atoms with van der Waals surface area (Å²) in [6.07, 6.45) is 2.18. The Kier molecular flexibility index (Phi) is 3.05. The molecule has 3 nitrogen and oxygen atoms in total. The second-order valence-corrected chi connectivity index (χ2v) is 4.98. The number of hydrogen-bond donors (Lipinski definition) is 1. The molecule has 1 unspecified atom stereocenters. The Morgan fingerprint density at radius 2 is 2.54 bits per heavy atom. The predicted molar refractivity (Wildman–Crippen MR) is 58.6 cm³/mol. The average molecular weight is 215 g/mol. The van der Waals surface area contributed by atoms with Crippen LogP contribution in [-0.4, -0.2) is 26.9 Å². The van der Waals surface area contributed by atoms with Gasteiger partial charge in [0.2, 0.25) is 5.13 Å². The molecule has 1 aliphatic heterocycles. The summed E-state index contributed by atoms with van der Waals surface area (Å²) in [5.74, 6) is 3.44. The number of aromatic nitrogens is 2.